The minimum absolute atomic E-state index is 0.0281. The van der Waals surface area contributed by atoms with Gasteiger partial charge < -0.3 is 10.6 Å². The van der Waals surface area contributed by atoms with E-state index in [1.165, 1.54) is 12.4 Å². The molecule has 29 heavy (non-hydrogen) atoms. The Morgan fingerprint density at radius 2 is 1.72 bits per heavy atom. The molecule has 0 atom stereocenters. The van der Waals surface area contributed by atoms with Gasteiger partial charge in [0.05, 0.1) is 10.6 Å². The summed E-state index contributed by atoms with van der Waals surface area (Å²) in [6.45, 7) is 0.355. The maximum absolute atomic E-state index is 11.7. The summed E-state index contributed by atoms with van der Waals surface area (Å²) < 4.78 is 4.74. The molecular weight excluding hydrogens is 421 g/mol. The number of rotatable bonds is 6. The Balaban J connectivity index is 1.79. The highest BCUT2D eigenvalue weighted by molar-refractivity contribution is 6.37. The molecule has 0 radical (unpaired) electrons. The largest absolute Gasteiger partial charge is 0.375 e. The minimum Gasteiger partial charge on any atom is -0.375 e. The highest BCUT2D eigenvalue weighted by atomic mass is 35.5. The molecule has 4 aromatic rings. The van der Waals surface area contributed by atoms with E-state index in [9.17, 15) is 10.1 Å². The van der Waals surface area contributed by atoms with Gasteiger partial charge in [0.1, 0.15) is 17.7 Å². The SMILES string of the molecule is O=[N+]([O-])c1c(NCc2ccccc2)cc(Nc2c(Cl)ncnc2Cl)c2nonc12. The summed E-state index contributed by atoms with van der Waals surface area (Å²) in [5.41, 5.74) is 1.57. The van der Waals surface area contributed by atoms with Crippen LogP contribution in [0.2, 0.25) is 10.3 Å². The molecule has 0 aliphatic rings. The fourth-order valence-electron chi connectivity index (χ4n) is 2.72. The van der Waals surface area contributed by atoms with Crippen molar-refractivity contribution in [3.05, 3.63) is 68.7 Å². The van der Waals surface area contributed by atoms with Crippen molar-refractivity contribution in [2.75, 3.05) is 10.6 Å². The lowest BCUT2D eigenvalue weighted by atomic mass is 10.1. The van der Waals surface area contributed by atoms with Gasteiger partial charge in [0, 0.05) is 6.54 Å². The number of nitro benzene ring substituents is 1. The molecule has 0 saturated heterocycles. The number of aromatic nitrogens is 4. The summed E-state index contributed by atoms with van der Waals surface area (Å²) in [5, 5.41) is 25.3. The monoisotopic (exact) mass is 431 g/mol. The van der Waals surface area contributed by atoms with Crippen LogP contribution < -0.4 is 10.6 Å². The Hall–Kier alpha value is -3.50. The molecule has 146 valence electrons. The predicted octanol–water partition coefficient (Wildman–Crippen LogP) is 4.58. The lowest BCUT2D eigenvalue weighted by molar-refractivity contribution is -0.382. The predicted molar refractivity (Wildman–Crippen MR) is 108 cm³/mol. The summed E-state index contributed by atoms with van der Waals surface area (Å²) in [6.07, 6.45) is 1.21. The molecular formula is C17H11Cl2N7O3. The normalized spacial score (nSPS) is 10.8. The van der Waals surface area contributed by atoms with Crippen LogP contribution in [-0.2, 0) is 6.54 Å². The Morgan fingerprint density at radius 1 is 1.03 bits per heavy atom. The van der Waals surface area contributed by atoms with Crippen LogP contribution in [0.4, 0.5) is 22.7 Å². The van der Waals surface area contributed by atoms with Crippen molar-refractivity contribution < 1.29 is 9.55 Å². The van der Waals surface area contributed by atoms with Gasteiger partial charge in [-0.1, -0.05) is 53.5 Å². The highest BCUT2D eigenvalue weighted by Crippen LogP contribution is 2.39. The van der Waals surface area contributed by atoms with E-state index < -0.39 is 4.92 Å². The summed E-state index contributed by atoms with van der Waals surface area (Å²) in [4.78, 5) is 18.9. The van der Waals surface area contributed by atoms with E-state index in [-0.39, 0.29) is 38.4 Å². The molecule has 2 aromatic heterocycles. The third kappa shape index (κ3) is 3.75. The standard InChI is InChI=1S/C17H11Cl2N7O3/c18-16-14(17(19)22-8-21-16)23-10-6-11(20-7-9-4-2-1-3-5-9)15(26(27)28)13-12(10)24-29-25-13/h1-6,8,20,23H,7H2. The molecule has 4 rings (SSSR count). The van der Waals surface area contributed by atoms with Crippen molar-refractivity contribution >= 4 is 57.0 Å². The molecule has 0 aliphatic carbocycles. The quantitative estimate of drug-likeness (QED) is 0.255. The molecule has 0 amide bonds. The first kappa shape index (κ1) is 18.8. The second-order valence-electron chi connectivity index (χ2n) is 5.83. The molecule has 0 spiro atoms. The topological polar surface area (TPSA) is 132 Å². The molecule has 0 saturated carbocycles. The number of benzene rings is 2. The van der Waals surface area contributed by atoms with E-state index in [4.69, 9.17) is 27.8 Å². The second kappa shape index (κ2) is 7.86. The molecule has 2 N–H and O–H groups in total. The molecule has 2 aromatic carbocycles. The van der Waals surface area contributed by atoms with Gasteiger partial charge in [0.25, 0.3) is 0 Å². The van der Waals surface area contributed by atoms with Crippen molar-refractivity contribution in [3.8, 4) is 0 Å². The van der Waals surface area contributed by atoms with Gasteiger partial charge in [0.2, 0.25) is 5.52 Å². The van der Waals surface area contributed by atoms with Gasteiger partial charge in [-0.2, -0.15) is 0 Å². The summed E-state index contributed by atoms with van der Waals surface area (Å²) >= 11 is 12.2. The van der Waals surface area contributed by atoms with Crippen molar-refractivity contribution in [2.24, 2.45) is 0 Å². The van der Waals surface area contributed by atoms with Crippen LogP contribution in [0.25, 0.3) is 11.0 Å². The van der Waals surface area contributed by atoms with Crippen molar-refractivity contribution in [2.45, 2.75) is 6.54 Å². The molecule has 0 unspecified atom stereocenters. The Kier molecular flexibility index (Phi) is 5.10. The fourth-order valence-corrected chi connectivity index (χ4v) is 3.13. The van der Waals surface area contributed by atoms with Gasteiger partial charge in [-0.05, 0) is 21.9 Å². The number of nitrogens with zero attached hydrogens (tertiary/aromatic N) is 5. The molecule has 2 heterocycles. The number of nitrogens with one attached hydrogen (secondary N) is 2. The Morgan fingerprint density at radius 3 is 2.41 bits per heavy atom. The van der Waals surface area contributed by atoms with Gasteiger partial charge in [0.15, 0.2) is 15.8 Å². The van der Waals surface area contributed by atoms with Crippen molar-refractivity contribution in [1.29, 1.82) is 0 Å². The first-order valence-corrected chi connectivity index (χ1v) is 8.94. The average Bonchev–Trinajstić information content (AvgIpc) is 3.19. The third-order valence-corrected chi connectivity index (χ3v) is 4.61. The Bertz CT molecular complexity index is 1180. The van der Waals surface area contributed by atoms with Gasteiger partial charge in [-0.15, -0.1) is 0 Å². The van der Waals surface area contributed by atoms with Gasteiger partial charge >= 0.3 is 5.69 Å². The van der Waals surface area contributed by atoms with Crippen LogP contribution in [0, 0.1) is 10.1 Å². The lowest BCUT2D eigenvalue weighted by Crippen LogP contribution is -2.05. The maximum atomic E-state index is 11.7. The zero-order valence-corrected chi connectivity index (χ0v) is 16.0. The highest BCUT2D eigenvalue weighted by Gasteiger charge is 2.26. The van der Waals surface area contributed by atoms with Crippen LogP contribution in [0.15, 0.2) is 47.4 Å². The van der Waals surface area contributed by atoms with E-state index >= 15 is 0 Å². The number of hydrogen-bond donors (Lipinski definition) is 2. The van der Waals surface area contributed by atoms with Crippen LogP contribution in [0.1, 0.15) is 5.56 Å². The first-order chi connectivity index (χ1) is 14.0. The van der Waals surface area contributed by atoms with E-state index in [2.05, 4.69) is 30.9 Å². The number of anilines is 3. The number of halogens is 2. The zero-order valence-electron chi connectivity index (χ0n) is 14.5. The van der Waals surface area contributed by atoms with Crippen molar-refractivity contribution in [3.63, 3.8) is 0 Å². The molecule has 0 bridgehead atoms. The van der Waals surface area contributed by atoms with Crippen LogP contribution >= 0.6 is 23.2 Å². The molecule has 10 nitrogen and oxygen atoms in total. The van der Waals surface area contributed by atoms with E-state index in [1.807, 2.05) is 30.3 Å². The summed E-state index contributed by atoms with van der Waals surface area (Å²) in [7, 11) is 0. The fraction of sp³-hybridized carbons (Fsp3) is 0.0588. The van der Waals surface area contributed by atoms with E-state index in [1.54, 1.807) is 0 Å². The number of fused-ring (bicyclic) bond motifs is 1. The molecule has 0 aliphatic heterocycles. The molecule has 0 fully saturated rings. The molecule has 12 heteroatoms. The zero-order chi connectivity index (χ0) is 20.4. The van der Waals surface area contributed by atoms with Crippen LogP contribution in [0.3, 0.4) is 0 Å². The number of nitro groups is 1. The van der Waals surface area contributed by atoms with Crippen LogP contribution in [0.5, 0.6) is 0 Å². The minimum atomic E-state index is -0.546. The summed E-state index contributed by atoms with van der Waals surface area (Å²) in [6, 6.07) is 10.9. The van der Waals surface area contributed by atoms with Crippen molar-refractivity contribution in [1.82, 2.24) is 20.3 Å². The number of hydrogen-bond acceptors (Lipinski definition) is 9. The third-order valence-electron chi connectivity index (χ3n) is 4.03. The average molecular weight is 432 g/mol. The Labute approximate surface area is 173 Å². The van der Waals surface area contributed by atoms with E-state index in [0.717, 1.165) is 5.56 Å². The van der Waals surface area contributed by atoms with Gasteiger partial charge in [-0.25, -0.2) is 14.6 Å². The smallest absolute Gasteiger partial charge is 0.323 e. The first-order valence-electron chi connectivity index (χ1n) is 8.19. The van der Waals surface area contributed by atoms with Crippen LogP contribution in [-0.4, -0.2) is 25.2 Å². The van der Waals surface area contributed by atoms with E-state index in [0.29, 0.717) is 12.2 Å². The van der Waals surface area contributed by atoms with Gasteiger partial charge in [-0.3, -0.25) is 10.1 Å². The lowest BCUT2D eigenvalue weighted by Gasteiger charge is -2.12. The summed E-state index contributed by atoms with van der Waals surface area (Å²) in [5.74, 6) is 0. The maximum Gasteiger partial charge on any atom is 0.323 e. The second-order valence-corrected chi connectivity index (χ2v) is 6.55.